The van der Waals surface area contributed by atoms with Crippen molar-refractivity contribution in [1.82, 2.24) is 19.8 Å². The highest BCUT2D eigenvalue weighted by Gasteiger charge is 2.27. The summed E-state index contributed by atoms with van der Waals surface area (Å²) in [6, 6.07) is 4.92. The fourth-order valence-corrected chi connectivity index (χ4v) is 6.57. The van der Waals surface area contributed by atoms with Crippen LogP contribution >= 0.6 is 23.2 Å². The molecule has 3 aromatic rings. The lowest BCUT2D eigenvalue weighted by atomic mass is 10.0. The fraction of sp³-hybridized carbons (Fsp3) is 0.464. The summed E-state index contributed by atoms with van der Waals surface area (Å²) in [4.78, 5) is 43.1. The second kappa shape index (κ2) is 12.4. The molecule has 0 bridgehead atoms. The summed E-state index contributed by atoms with van der Waals surface area (Å²) in [5.74, 6) is -0.925. The molecule has 1 amide bonds. The minimum atomic E-state index is -3.69. The van der Waals surface area contributed by atoms with E-state index in [1.54, 1.807) is 20.8 Å². The van der Waals surface area contributed by atoms with E-state index in [0.29, 0.717) is 13.1 Å². The maximum absolute atomic E-state index is 15.4. The van der Waals surface area contributed by atoms with Crippen molar-refractivity contribution in [2.24, 2.45) is 0 Å². The van der Waals surface area contributed by atoms with Gasteiger partial charge in [0.1, 0.15) is 11.4 Å². The number of alkyl carbamates (subject to hydrolysis) is 1. The van der Waals surface area contributed by atoms with Crippen molar-refractivity contribution in [2.75, 3.05) is 18.8 Å². The molecule has 2 heterocycles. The Bertz CT molecular complexity index is 1750. The van der Waals surface area contributed by atoms with Crippen molar-refractivity contribution in [3.63, 3.8) is 0 Å². The number of hydrogen-bond donors (Lipinski definition) is 2. The Morgan fingerprint density at radius 3 is 2.57 bits per heavy atom. The van der Waals surface area contributed by atoms with Gasteiger partial charge in [-0.1, -0.05) is 30.1 Å². The summed E-state index contributed by atoms with van der Waals surface area (Å²) in [7, 11) is -3.69. The van der Waals surface area contributed by atoms with E-state index < -0.39 is 45.1 Å². The molecule has 42 heavy (non-hydrogen) atoms. The lowest BCUT2D eigenvalue weighted by Gasteiger charge is -2.33. The average molecular weight is 644 g/mol. The number of fused-ring (bicyclic) bond motifs is 1. The normalized spacial score (nSPS) is 16.5. The number of H-pyrrole nitrogens is 1. The zero-order chi connectivity index (χ0) is 31.0. The first-order valence-electron chi connectivity index (χ1n) is 13.5. The summed E-state index contributed by atoms with van der Waals surface area (Å²) in [5.41, 5.74) is -2.08. The third kappa shape index (κ3) is 7.16. The summed E-state index contributed by atoms with van der Waals surface area (Å²) < 4.78 is 46.8. The van der Waals surface area contributed by atoms with Crippen molar-refractivity contribution in [2.45, 2.75) is 70.2 Å². The third-order valence-electron chi connectivity index (χ3n) is 6.94. The van der Waals surface area contributed by atoms with Gasteiger partial charge in [-0.3, -0.25) is 14.3 Å². The molecule has 1 fully saturated rings. The first kappa shape index (κ1) is 32.0. The second-order valence-electron chi connectivity index (χ2n) is 11.3. The van der Waals surface area contributed by atoms with Crippen LogP contribution in [0.1, 0.15) is 51.7 Å². The van der Waals surface area contributed by atoms with E-state index in [9.17, 15) is 22.8 Å². The number of aromatic nitrogens is 2. The first-order chi connectivity index (χ1) is 19.6. The van der Waals surface area contributed by atoms with E-state index in [1.165, 1.54) is 25.1 Å². The number of likely N-dealkylation sites (tertiary alicyclic amines) is 1. The fourth-order valence-electron chi connectivity index (χ4n) is 4.97. The Labute approximate surface area is 252 Å². The van der Waals surface area contributed by atoms with Gasteiger partial charge in [0.25, 0.3) is 5.56 Å². The van der Waals surface area contributed by atoms with Gasteiger partial charge in [0.05, 0.1) is 33.1 Å². The van der Waals surface area contributed by atoms with E-state index in [0.717, 1.165) is 23.5 Å². The molecular formula is C28H33Cl2FN4O6S. The van der Waals surface area contributed by atoms with Crippen LogP contribution in [0.25, 0.3) is 10.9 Å². The molecule has 1 atom stereocenters. The molecule has 0 unspecified atom stereocenters. The maximum atomic E-state index is 15.4. The van der Waals surface area contributed by atoms with Crippen LogP contribution in [-0.4, -0.2) is 59.4 Å². The summed E-state index contributed by atoms with van der Waals surface area (Å²) >= 11 is 12.7. The summed E-state index contributed by atoms with van der Waals surface area (Å²) in [5, 5.41) is 2.80. The molecule has 1 saturated heterocycles. The predicted molar refractivity (Wildman–Crippen MR) is 160 cm³/mol. The van der Waals surface area contributed by atoms with Gasteiger partial charge in [0, 0.05) is 29.7 Å². The highest BCUT2D eigenvalue weighted by molar-refractivity contribution is 7.91. The molecule has 0 saturated carbocycles. The Balaban J connectivity index is 1.64. The zero-order valence-electron chi connectivity index (χ0n) is 23.7. The number of nitrogens with zero attached hydrogens (tertiary/aromatic N) is 2. The van der Waals surface area contributed by atoms with Crippen LogP contribution in [0.3, 0.4) is 0 Å². The molecule has 0 spiro atoms. The van der Waals surface area contributed by atoms with E-state index in [4.69, 9.17) is 27.9 Å². The topological polar surface area (TPSA) is 131 Å². The van der Waals surface area contributed by atoms with Crippen LogP contribution in [0, 0.1) is 5.82 Å². The van der Waals surface area contributed by atoms with Crippen molar-refractivity contribution in [3.05, 3.63) is 72.1 Å². The molecule has 2 aromatic carbocycles. The van der Waals surface area contributed by atoms with Gasteiger partial charge in [0.15, 0.2) is 9.84 Å². The van der Waals surface area contributed by atoms with Crippen LogP contribution in [0.2, 0.25) is 10.0 Å². The molecular weight excluding hydrogens is 610 g/mol. The lowest BCUT2D eigenvalue weighted by molar-refractivity contribution is 0.0470. The van der Waals surface area contributed by atoms with E-state index in [2.05, 4.69) is 10.3 Å². The number of hydrogen-bond acceptors (Lipinski definition) is 7. The number of carbonyl (C=O) groups is 1. The molecule has 2 N–H and O–H groups in total. The number of amides is 1. The highest BCUT2D eigenvalue weighted by atomic mass is 35.5. The third-order valence-corrected chi connectivity index (χ3v) is 9.42. The number of halogens is 3. The van der Waals surface area contributed by atoms with E-state index in [1.807, 2.05) is 4.90 Å². The van der Waals surface area contributed by atoms with Gasteiger partial charge in [-0.25, -0.2) is 22.4 Å². The largest absolute Gasteiger partial charge is 0.444 e. The molecule has 4 rings (SSSR count). The maximum Gasteiger partial charge on any atom is 0.407 e. The van der Waals surface area contributed by atoms with E-state index >= 15 is 4.39 Å². The summed E-state index contributed by atoms with van der Waals surface area (Å²) in [6.45, 7) is 7.53. The van der Waals surface area contributed by atoms with Crippen LogP contribution < -0.4 is 16.6 Å². The average Bonchev–Trinajstić information content (AvgIpc) is 2.89. The number of carbonyl (C=O) groups excluding carboxylic acids is 1. The highest BCUT2D eigenvalue weighted by Crippen LogP contribution is 2.29. The Hall–Kier alpha value is -2.93. The minimum Gasteiger partial charge on any atom is -0.444 e. The van der Waals surface area contributed by atoms with Crippen LogP contribution in [0.4, 0.5) is 9.18 Å². The number of piperidine rings is 1. The number of ether oxygens (including phenoxy) is 1. The molecule has 228 valence electrons. The number of nitrogens with one attached hydrogen (secondary N) is 2. The monoisotopic (exact) mass is 642 g/mol. The molecule has 0 radical (unpaired) electrons. The van der Waals surface area contributed by atoms with Crippen LogP contribution in [0.15, 0.2) is 38.8 Å². The zero-order valence-corrected chi connectivity index (χ0v) is 26.1. The van der Waals surface area contributed by atoms with Gasteiger partial charge in [-0.2, -0.15) is 0 Å². The molecule has 14 heteroatoms. The Kier molecular flexibility index (Phi) is 9.41. The van der Waals surface area contributed by atoms with Crippen LogP contribution in [-0.2, 0) is 27.7 Å². The van der Waals surface area contributed by atoms with Gasteiger partial charge in [-0.05, 0) is 70.0 Å². The van der Waals surface area contributed by atoms with Crippen molar-refractivity contribution in [3.8, 4) is 0 Å². The van der Waals surface area contributed by atoms with Gasteiger partial charge >= 0.3 is 11.8 Å². The van der Waals surface area contributed by atoms with Crippen molar-refractivity contribution < 1.29 is 22.3 Å². The SMILES string of the molecule is CCS(=O)(=O)c1ccc(Cl)cc1Cn1c(=O)[nH]c2c(Cl)c(CN3CCC[C@@H](NC(=O)OC(C)(C)C)C3)c(F)cc2c1=O. The number of sulfone groups is 1. The Morgan fingerprint density at radius 1 is 1.19 bits per heavy atom. The molecule has 1 aliphatic heterocycles. The number of aromatic amines is 1. The summed E-state index contributed by atoms with van der Waals surface area (Å²) in [6.07, 6.45) is 0.939. The first-order valence-corrected chi connectivity index (χ1v) is 15.9. The quantitative estimate of drug-likeness (QED) is 0.389. The Morgan fingerprint density at radius 2 is 1.90 bits per heavy atom. The standard InChI is InChI=1S/C28H33Cl2FN4O6S/c1-5-42(39,40)22-9-8-17(29)11-16(22)13-35-25(36)19-12-21(31)20(23(30)24(19)33-26(35)37)15-34-10-6-7-18(14-34)32-27(38)41-28(2,3)4/h8-9,11-12,18H,5-7,10,13-15H2,1-4H3,(H,32,38)(H,33,37)/t18-/m1/s1. The van der Waals surface area contributed by atoms with Gasteiger partial charge in [-0.15, -0.1) is 0 Å². The van der Waals surface area contributed by atoms with Gasteiger partial charge < -0.3 is 15.0 Å². The van der Waals surface area contributed by atoms with E-state index in [-0.39, 0.29) is 55.3 Å². The van der Waals surface area contributed by atoms with Crippen molar-refractivity contribution in [1.29, 1.82) is 0 Å². The number of rotatable bonds is 7. The molecule has 0 aliphatic carbocycles. The lowest BCUT2D eigenvalue weighted by Crippen LogP contribution is -2.48. The molecule has 1 aliphatic rings. The second-order valence-corrected chi connectivity index (χ2v) is 14.3. The molecule has 10 nitrogen and oxygen atoms in total. The van der Waals surface area contributed by atoms with Crippen LogP contribution in [0.5, 0.6) is 0 Å². The van der Waals surface area contributed by atoms with Crippen molar-refractivity contribution >= 4 is 50.0 Å². The predicted octanol–water partition coefficient (Wildman–Crippen LogP) is 4.47. The minimum absolute atomic E-state index is 0.0211. The van der Waals surface area contributed by atoms with Gasteiger partial charge in [0.2, 0.25) is 0 Å². The molecule has 1 aromatic heterocycles. The number of benzene rings is 2. The smallest absolute Gasteiger partial charge is 0.407 e.